The van der Waals surface area contributed by atoms with Gasteiger partial charge < -0.3 is 18.9 Å². The monoisotopic (exact) mass is 675 g/mol. The third-order valence-electron chi connectivity index (χ3n) is 5.69. The quantitative estimate of drug-likeness (QED) is 0.106. The predicted octanol–water partition coefficient (Wildman–Crippen LogP) is 6.11. The first-order valence-electron chi connectivity index (χ1n) is 12.6. The Hall–Kier alpha value is -3.62. The van der Waals surface area contributed by atoms with Gasteiger partial charge in [-0.3, -0.25) is 4.72 Å². The lowest BCUT2D eigenvalue weighted by molar-refractivity contribution is 0.196. The van der Waals surface area contributed by atoms with Gasteiger partial charge in [0.1, 0.15) is 13.2 Å². The average molecular weight is 677 g/mol. The van der Waals surface area contributed by atoms with Crippen LogP contribution in [0.2, 0.25) is 0 Å². The Balaban J connectivity index is 1.67. The molecule has 0 saturated heterocycles. The van der Waals surface area contributed by atoms with Crippen LogP contribution in [0, 0.1) is 0 Å². The number of para-hydroxylation sites is 2. The van der Waals surface area contributed by atoms with Crippen molar-refractivity contribution < 1.29 is 27.4 Å². The fraction of sp³-hybridized carbons (Fsp3) is 0.286. The normalized spacial score (nSPS) is 11.6. The van der Waals surface area contributed by atoms with Gasteiger partial charge in [-0.2, -0.15) is 4.98 Å². The maximum atomic E-state index is 13.5. The lowest BCUT2D eigenvalue weighted by Crippen LogP contribution is -2.17. The van der Waals surface area contributed by atoms with Crippen molar-refractivity contribution in [1.29, 1.82) is 0 Å². The second-order valence-electron chi connectivity index (χ2n) is 9.71. The third kappa shape index (κ3) is 8.01. The number of ether oxygens (including phenoxy) is 4. The lowest BCUT2D eigenvalue weighted by Gasteiger charge is -2.20. The zero-order chi connectivity index (χ0) is 30.3. The van der Waals surface area contributed by atoms with Crippen molar-refractivity contribution in [3.8, 4) is 29.1 Å². The Morgan fingerprint density at radius 3 is 2.19 bits per heavy atom. The number of hydrogen-bond acceptors (Lipinski definition) is 11. The molecule has 0 bridgehead atoms. The van der Waals surface area contributed by atoms with E-state index >= 15 is 0 Å². The number of thioether (sulfide) groups is 1. The Morgan fingerprint density at radius 1 is 0.929 bits per heavy atom. The van der Waals surface area contributed by atoms with Crippen molar-refractivity contribution in [1.82, 2.24) is 19.9 Å². The highest BCUT2D eigenvalue weighted by molar-refractivity contribution is 9.10. The first kappa shape index (κ1) is 31.3. The van der Waals surface area contributed by atoms with E-state index in [1.54, 1.807) is 67.2 Å². The summed E-state index contributed by atoms with van der Waals surface area (Å²) in [7, 11) is -2.57. The van der Waals surface area contributed by atoms with Gasteiger partial charge in [-0.25, -0.2) is 23.4 Å². The number of anilines is 1. The van der Waals surface area contributed by atoms with Gasteiger partial charge in [-0.1, -0.05) is 56.8 Å². The SMILES string of the molecule is COc1ccccc1Oc1c(NS(=O)(=O)c2ccc(C(C)(C)C)cc2)nc(SC)nc1OCCOc1ncc(Br)cn1. The highest BCUT2D eigenvalue weighted by Gasteiger charge is 2.25. The molecule has 14 heteroatoms. The molecule has 2 heterocycles. The number of aromatic nitrogens is 4. The summed E-state index contributed by atoms with van der Waals surface area (Å²) in [6.45, 7) is 6.27. The van der Waals surface area contributed by atoms with Gasteiger partial charge in [0.2, 0.25) is 5.75 Å². The van der Waals surface area contributed by atoms with Crippen LogP contribution in [0.1, 0.15) is 26.3 Å². The minimum atomic E-state index is -4.07. The van der Waals surface area contributed by atoms with Crippen LogP contribution in [0.25, 0.3) is 0 Å². The van der Waals surface area contributed by atoms with Crippen LogP contribution in [-0.4, -0.2) is 54.9 Å². The second-order valence-corrected chi connectivity index (χ2v) is 13.1. The van der Waals surface area contributed by atoms with E-state index in [2.05, 4.69) is 61.4 Å². The fourth-order valence-corrected chi connectivity index (χ4v) is 5.11. The number of benzene rings is 2. The minimum absolute atomic E-state index is 0.00126. The predicted molar refractivity (Wildman–Crippen MR) is 164 cm³/mol. The highest BCUT2D eigenvalue weighted by Crippen LogP contribution is 2.41. The molecule has 0 unspecified atom stereocenters. The molecule has 0 saturated carbocycles. The number of methoxy groups -OCH3 is 1. The molecule has 0 aliphatic carbocycles. The first-order valence-corrected chi connectivity index (χ1v) is 16.1. The smallest absolute Gasteiger partial charge is 0.316 e. The molecule has 0 spiro atoms. The summed E-state index contributed by atoms with van der Waals surface area (Å²) in [5.74, 6) is 0.570. The molecule has 0 fully saturated rings. The van der Waals surface area contributed by atoms with E-state index in [1.807, 2.05) is 0 Å². The van der Waals surface area contributed by atoms with Crippen LogP contribution in [-0.2, 0) is 15.4 Å². The van der Waals surface area contributed by atoms with Gasteiger partial charge in [0.05, 0.1) is 16.5 Å². The summed E-state index contributed by atoms with van der Waals surface area (Å²) >= 11 is 4.49. The maximum absolute atomic E-state index is 13.5. The zero-order valence-corrected chi connectivity index (χ0v) is 26.8. The van der Waals surface area contributed by atoms with E-state index in [0.717, 1.165) is 10.0 Å². The van der Waals surface area contributed by atoms with Gasteiger partial charge in [-0.15, -0.1) is 0 Å². The van der Waals surface area contributed by atoms with Gasteiger partial charge in [0.15, 0.2) is 22.5 Å². The molecule has 2 aromatic carbocycles. The van der Waals surface area contributed by atoms with Crippen molar-refractivity contribution in [3.05, 3.63) is 71.0 Å². The minimum Gasteiger partial charge on any atom is -0.493 e. The third-order valence-corrected chi connectivity index (χ3v) is 8.00. The van der Waals surface area contributed by atoms with Crippen molar-refractivity contribution >= 4 is 43.5 Å². The molecule has 0 aliphatic heterocycles. The van der Waals surface area contributed by atoms with Crippen LogP contribution >= 0.6 is 27.7 Å². The summed E-state index contributed by atoms with van der Waals surface area (Å²) in [5.41, 5.74) is 0.866. The van der Waals surface area contributed by atoms with E-state index in [0.29, 0.717) is 11.5 Å². The molecule has 222 valence electrons. The molecule has 11 nitrogen and oxygen atoms in total. The molecule has 0 amide bonds. The van der Waals surface area contributed by atoms with Crippen molar-refractivity contribution in [2.45, 2.75) is 36.2 Å². The van der Waals surface area contributed by atoms with Gasteiger partial charge >= 0.3 is 6.01 Å². The first-order chi connectivity index (χ1) is 20.0. The Labute approximate surface area is 257 Å². The number of sulfonamides is 1. The van der Waals surface area contributed by atoms with Crippen molar-refractivity contribution in [3.63, 3.8) is 0 Å². The molecular weight excluding hydrogens is 646 g/mol. The molecule has 1 N–H and O–H groups in total. The number of halogens is 1. The van der Waals surface area contributed by atoms with Gasteiger partial charge in [0.25, 0.3) is 15.9 Å². The van der Waals surface area contributed by atoms with Crippen LogP contribution < -0.4 is 23.7 Å². The summed E-state index contributed by atoms with van der Waals surface area (Å²) in [4.78, 5) is 17.0. The van der Waals surface area contributed by atoms with Crippen molar-refractivity contribution in [2.24, 2.45) is 0 Å². The van der Waals surface area contributed by atoms with Crippen LogP contribution in [0.3, 0.4) is 0 Å². The van der Waals surface area contributed by atoms with E-state index in [1.165, 1.54) is 18.9 Å². The van der Waals surface area contributed by atoms with Crippen LogP contribution in [0.15, 0.2) is 75.4 Å². The van der Waals surface area contributed by atoms with Gasteiger partial charge in [-0.05, 0) is 57.4 Å². The summed E-state index contributed by atoms with van der Waals surface area (Å²) in [5, 5.41) is 0.260. The van der Waals surface area contributed by atoms with E-state index < -0.39 is 10.0 Å². The van der Waals surface area contributed by atoms with Crippen LogP contribution in [0.5, 0.6) is 29.1 Å². The van der Waals surface area contributed by atoms with E-state index in [4.69, 9.17) is 18.9 Å². The maximum Gasteiger partial charge on any atom is 0.316 e. The van der Waals surface area contributed by atoms with Gasteiger partial charge in [0, 0.05) is 12.4 Å². The summed E-state index contributed by atoms with van der Waals surface area (Å²) in [6.07, 6.45) is 4.89. The number of nitrogens with zero attached hydrogens (tertiary/aromatic N) is 4. The highest BCUT2D eigenvalue weighted by atomic mass is 79.9. The molecule has 4 aromatic rings. The fourth-order valence-electron chi connectivity index (χ4n) is 3.54. The molecule has 4 rings (SSSR count). The molecule has 42 heavy (non-hydrogen) atoms. The number of nitrogens with one attached hydrogen (secondary N) is 1. The number of rotatable bonds is 12. The van der Waals surface area contributed by atoms with E-state index in [9.17, 15) is 8.42 Å². The molecule has 0 radical (unpaired) electrons. The Bertz CT molecular complexity index is 1620. The Morgan fingerprint density at radius 2 is 1.57 bits per heavy atom. The second kappa shape index (κ2) is 13.6. The standard InChI is InChI=1S/C28H30BrN5O6S2/c1-28(2,3)18-10-12-20(13-11-18)42(35,36)34-24-23(40-22-9-7-6-8-21(22)37-4)25(33-27(32-24)41-5)38-14-15-39-26-30-16-19(29)17-31-26/h6-13,16-17H,14-15H2,1-5H3,(H,32,33,34). The topological polar surface area (TPSA) is 135 Å². The lowest BCUT2D eigenvalue weighted by atomic mass is 9.87. The summed E-state index contributed by atoms with van der Waals surface area (Å²) in [6, 6.07) is 13.8. The zero-order valence-electron chi connectivity index (χ0n) is 23.6. The summed E-state index contributed by atoms with van der Waals surface area (Å²) < 4.78 is 53.3. The molecule has 0 atom stereocenters. The largest absolute Gasteiger partial charge is 0.493 e. The molecular formula is C28H30BrN5O6S2. The van der Waals surface area contributed by atoms with Crippen molar-refractivity contribution in [2.75, 3.05) is 31.3 Å². The Kier molecular flexibility index (Phi) is 10.1. The number of hydrogen-bond donors (Lipinski definition) is 1. The average Bonchev–Trinajstić information content (AvgIpc) is 2.97. The molecule has 0 aliphatic rings. The molecule has 2 aromatic heterocycles. The van der Waals surface area contributed by atoms with Crippen LogP contribution in [0.4, 0.5) is 5.82 Å². The van der Waals surface area contributed by atoms with E-state index in [-0.39, 0.29) is 52.1 Å².